The molecular formula is C8H15N2O4PS3. The average Bonchev–Trinajstić information content (AvgIpc) is 2.68. The molecule has 0 aliphatic carbocycles. The topological polar surface area (TPSA) is 62.6 Å². The van der Waals surface area contributed by atoms with E-state index in [1.54, 1.807) is 0 Å². The molecule has 104 valence electrons. The van der Waals surface area contributed by atoms with Gasteiger partial charge >= 0.3 is 4.87 Å². The number of nitrogens with zero attached hydrogens (tertiary/aromatic N) is 2. The van der Waals surface area contributed by atoms with Gasteiger partial charge in [-0.15, -0.1) is 5.10 Å². The van der Waals surface area contributed by atoms with Gasteiger partial charge in [-0.25, -0.2) is 4.68 Å². The highest BCUT2D eigenvalue weighted by Crippen LogP contribution is 2.61. The van der Waals surface area contributed by atoms with Gasteiger partial charge in [-0.3, -0.25) is 4.79 Å². The van der Waals surface area contributed by atoms with E-state index >= 15 is 0 Å². The maximum absolute atomic E-state index is 11.6. The van der Waals surface area contributed by atoms with E-state index < -0.39 is 5.69 Å². The molecule has 0 saturated heterocycles. The molecule has 18 heavy (non-hydrogen) atoms. The summed E-state index contributed by atoms with van der Waals surface area (Å²) in [5.41, 5.74) is -2.39. The number of aromatic nitrogens is 2. The first-order valence-corrected chi connectivity index (χ1v) is 10.2. The fourth-order valence-electron chi connectivity index (χ4n) is 1.00. The number of hydrogen-bond donors (Lipinski definition) is 0. The summed E-state index contributed by atoms with van der Waals surface area (Å²) in [6, 6.07) is 0. The normalized spacial score (nSPS) is 11.7. The van der Waals surface area contributed by atoms with Crippen molar-refractivity contribution in [2.24, 2.45) is 0 Å². The Morgan fingerprint density at radius 1 is 1.44 bits per heavy atom. The molecule has 0 aromatic carbocycles. The minimum Gasteiger partial charge on any atom is -0.472 e. The maximum atomic E-state index is 11.6. The van der Waals surface area contributed by atoms with Crippen molar-refractivity contribution in [3.05, 3.63) is 9.67 Å². The van der Waals surface area contributed by atoms with Gasteiger partial charge in [0.05, 0.1) is 20.3 Å². The molecule has 0 fully saturated rings. The molecular weight excluding hydrogens is 315 g/mol. The molecule has 0 N–H and O–H groups in total. The molecule has 10 heteroatoms. The fraction of sp³-hybridized carbons (Fsp3) is 0.750. The fourth-order valence-corrected chi connectivity index (χ4v) is 5.84. The lowest BCUT2D eigenvalue weighted by Gasteiger charge is -2.19. The first-order valence-electron chi connectivity index (χ1n) is 5.20. The lowest BCUT2D eigenvalue weighted by molar-refractivity contribution is 0.280. The van der Waals surface area contributed by atoms with Gasteiger partial charge in [0, 0.05) is 0 Å². The monoisotopic (exact) mass is 330 g/mol. The predicted molar refractivity (Wildman–Crippen MR) is 78.1 cm³/mol. The Morgan fingerprint density at radius 2 is 2.06 bits per heavy atom. The summed E-state index contributed by atoms with van der Waals surface area (Å²) in [7, 11) is 1.47. The van der Waals surface area contributed by atoms with E-state index in [4.69, 9.17) is 25.6 Å². The second-order valence-corrected chi connectivity index (χ2v) is 10.1. The van der Waals surface area contributed by atoms with Crippen LogP contribution in [0.2, 0.25) is 0 Å². The van der Waals surface area contributed by atoms with E-state index in [1.165, 1.54) is 23.2 Å². The van der Waals surface area contributed by atoms with Crippen LogP contribution in [0.4, 0.5) is 0 Å². The van der Waals surface area contributed by atoms with E-state index in [2.05, 4.69) is 5.10 Å². The van der Waals surface area contributed by atoms with Crippen LogP contribution in [0, 0.1) is 0 Å². The Bertz CT molecular complexity index is 465. The van der Waals surface area contributed by atoms with Crippen LogP contribution < -0.4 is 9.61 Å². The van der Waals surface area contributed by atoms with Crippen molar-refractivity contribution in [1.29, 1.82) is 0 Å². The van der Waals surface area contributed by atoms with Gasteiger partial charge in [0.1, 0.15) is 5.88 Å². The summed E-state index contributed by atoms with van der Waals surface area (Å²) in [5, 5.41) is 4.33. The lowest BCUT2D eigenvalue weighted by Crippen LogP contribution is -2.13. The zero-order valence-corrected chi connectivity index (χ0v) is 13.7. The Balaban J connectivity index is 2.69. The molecule has 6 nitrogen and oxygen atoms in total. The number of methoxy groups -OCH3 is 1. The largest absolute Gasteiger partial charge is 0.472 e. The van der Waals surface area contributed by atoms with Crippen LogP contribution in [0.5, 0.6) is 5.19 Å². The average molecular weight is 330 g/mol. The first-order chi connectivity index (χ1) is 8.54. The second kappa shape index (κ2) is 7.62. The third kappa shape index (κ3) is 4.64. The van der Waals surface area contributed by atoms with Crippen LogP contribution in [0.1, 0.15) is 13.8 Å². The lowest BCUT2D eigenvalue weighted by atomic mass is 10.9. The van der Waals surface area contributed by atoms with E-state index in [0.29, 0.717) is 24.3 Å². The number of ether oxygens (including phenoxy) is 1. The summed E-state index contributed by atoms with van der Waals surface area (Å²) in [6.45, 7) is 4.69. The van der Waals surface area contributed by atoms with Crippen LogP contribution in [0.3, 0.4) is 0 Å². The zero-order chi connectivity index (χ0) is 13.6. The van der Waals surface area contributed by atoms with E-state index in [0.717, 1.165) is 11.3 Å². The second-order valence-electron chi connectivity index (χ2n) is 2.88. The van der Waals surface area contributed by atoms with Gasteiger partial charge in [0.25, 0.3) is 5.19 Å². The van der Waals surface area contributed by atoms with Crippen LogP contribution in [-0.2, 0) is 26.7 Å². The SMILES string of the molecule is CCOP(=S)(OCC)SCn1nc(OC)sc1=O. The Morgan fingerprint density at radius 3 is 2.50 bits per heavy atom. The van der Waals surface area contributed by atoms with E-state index in [1.807, 2.05) is 13.8 Å². The van der Waals surface area contributed by atoms with Crippen molar-refractivity contribution in [2.45, 2.75) is 19.7 Å². The Kier molecular flexibility index (Phi) is 6.83. The molecule has 1 heterocycles. The predicted octanol–water partition coefficient (Wildman–Crippen LogP) is 2.30. The summed E-state index contributed by atoms with van der Waals surface area (Å²) >= 11 is 7.58. The van der Waals surface area contributed by atoms with E-state index in [-0.39, 0.29) is 4.87 Å². The molecule has 0 amide bonds. The summed E-state index contributed by atoms with van der Waals surface area (Å²) in [6.07, 6.45) is 0. The molecule has 0 radical (unpaired) electrons. The highest BCUT2D eigenvalue weighted by Gasteiger charge is 2.20. The van der Waals surface area contributed by atoms with Crippen LogP contribution in [-0.4, -0.2) is 30.1 Å². The molecule has 0 saturated carbocycles. The summed E-state index contributed by atoms with van der Waals surface area (Å²) in [4.78, 5) is 11.4. The van der Waals surface area contributed by atoms with Gasteiger partial charge in [0.15, 0.2) is 0 Å². The number of rotatable bonds is 8. The van der Waals surface area contributed by atoms with Crippen molar-refractivity contribution < 1.29 is 13.8 Å². The Hall–Kier alpha value is 0.0800. The molecule has 0 spiro atoms. The summed E-state index contributed by atoms with van der Waals surface area (Å²) < 4.78 is 17.1. The van der Waals surface area contributed by atoms with E-state index in [9.17, 15) is 4.79 Å². The maximum Gasteiger partial charge on any atom is 0.329 e. The third-order valence-corrected chi connectivity index (χ3v) is 7.82. The Labute approximate surface area is 119 Å². The zero-order valence-electron chi connectivity index (χ0n) is 10.3. The molecule has 1 aromatic heterocycles. The van der Waals surface area contributed by atoms with Crippen LogP contribution in [0.25, 0.3) is 0 Å². The van der Waals surface area contributed by atoms with Crippen molar-refractivity contribution in [3.8, 4) is 5.19 Å². The molecule has 0 aliphatic heterocycles. The van der Waals surface area contributed by atoms with Crippen molar-refractivity contribution in [2.75, 3.05) is 20.3 Å². The molecule has 1 rings (SSSR count). The van der Waals surface area contributed by atoms with Crippen molar-refractivity contribution in [3.63, 3.8) is 0 Å². The van der Waals surface area contributed by atoms with Crippen LogP contribution >= 0.6 is 28.4 Å². The van der Waals surface area contributed by atoms with Crippen molar-refractivity contribution >= 4 is 40.2 Å². The number of hydrogen-bond acceptors (Lipinski definition) is 8. The van der Waals surface area contributed by atoms with Crippen molar-refractivity contribution in [1.82, 2.24) is 9.78 Å². The quantitative estimate of drug-likeness (QED) is 0.678. The molecule has 0 bridgehead atoms. The standard InChI is InChI=1S/C8H15N2O4PS3/c1-4-13-15(16,14-5-2)17-6-10-8(11)18-7(9-10)12-3/h4-6H2,1-3H3. The summed E-state index contributed by atoms with van der Waals surface area (Å²) in [5.74, 6) is 0.302. The van der Waals surface area contributed by atoms with Gasteiger partial charge in [-0.2, -0.15) is 0 Å². The van der Waals surface area contributed by atoms with Crippen LogP contribution in [0.15, 0.2) is 4.79 Å². The molecule has 0 atom stereocenters. The minimum absolute atomic E-state index is 0.186. The first kappa shape index (κ1) is 16.1. The molecule has 0 aliphatic rings. The molecule has 1 aromatic rings. The van der Waals surface area contributed by atoms with Gasteiger partial charge in [-0.05, 0) is 48.4 Å². The molecule has 0 unspecified atom stereocenters. The highest BCUT2D eigenvalue weighted by molar-refractivity contribution is 8.67. The smallest absolute Gasteiger partial charge is 0.329 e. The minimum atomic E-state index is -2.39. The third-order valence-electron chi connectivity index (χ3n) is 1.67. The van der Waals surface area contributed by atoms with Gasteiger partial charge in [0.2, 0.25) is 5.69 Å². The van der Waals surface area contributed by atoms with Gasteiger partial charge in [-0.1, -0.05) is 0 Å². The highest BCUT2D eigenvalue weighted by atomic mass is 32.9. The van der Waals surface area contributed by atoms with Gasteiger partial charge < -0.3 is 13.8 Å².